The highest BCUT2D eigenvalue weighted by molar-refractivity contribution is 5.84. The van der Waals surface area contributed by atoms with Gasteiger partial charge in [-0.3, -0.25) is 4.68 Å². The largest absolute Gasteiger partial charge is 0.476 e. The summed E-state index contributed by atoms with van der Waals surface area (Å²) in [6.45, 7) is 4.90. The highest BCUT2D eigenvalue weighted by Gasteiger charge is 2.11. The fourth-order valence-electron chi connectivity index (χ4n) is 1.56. The fourth-order valence-corrected chi connectivity index (χ4v) is 1.56. The van der Waals surface area contributed by atoms with Gasteiger partial charge in [-0.25, -0.2) is 9.78 Å². The van der Waals surface area contributed by atoms with Crippen LogP contribution in [-0.4, -0.2) is 37.6 Å². The summed E-state index contributed by atoms with van der Waals surface area (Å²) >= 11 is 0. The van der Waals surface area contributed by atoms with Crippen LogP contribution in [-0.2, 0) is 6.54 Å². The predicted molar refractivity (Wildman–Crippen MR) is 64.6 cm³/mol. The van der Waals surface area contributed by atoms with Crippen LogP contribution in [0.4, 0.5) is 0 Å². The Hall–Kier alpha value is -2.22. The molecule has 0 aromatic carbocycles. The van der Waals surface area contributed by atoms with E-state index in [-0.39, 0.29) is 11.7 Å². The summed E-state index contributed by atoms with van der Waals surface area (Å²) in [5.74, 6) is 0.316. The lowest BCUT2D eigenvalue weighted by atomic mass is 10.3. The minimum absolute atomic E-state index is 0.0174. The topological polar surface area (TPSA) is 106 Å². The molecular weight excluding hydrogens is 250 g/mol. The molecule has 0 bridgehead atoms. The Morgan fingerprint density at radius 3 is 3.00 bits per heavy atom. The van der Waals surface area contributed by atoms with Crippen LogP contribution < -0.4 is 5.32 Å². The van der Waals surface area contributed by atoms with Crippen LogP contribution in [0.1, 0.15) is 35.1 Å². The normalized spacial score (nSPS) is 12.5. The van der Waals surface area contributed by atoms with E-state index in [1.165, 1.54) is 10.9 Å². The minimum Gasteiger partial charge on any atom is -0.476 e. The highest BCUT2D eigenvalue weighted by Crippen LogP contribution is 2.11. The first-order valence-corrected chi connectivity index (χ1v) is 5.85. The van der Waals surface area contributed by atoms with Gasteiger partial charge in [0.1, 0.15) is 5.76 Å². The number of hydrogen-bond acceptors (Lipinski definition) is 6. The average Bonchev–Trinajstić information content (AvgIpc) is 2.98. The number of rotatable bonds is 6. The molecule has 2 aromatic heterocycles. The molecular formula is C11H15N5O3. The molecule has 2 heterocycles. The van der Waals surface area contributed by atoms with Crippen molar-refractivity contribution < 1.29 is 14.3 Å². The third kappa shape index (κ3) is 3.38. The maximum Gasteiger partial charge on any atom is 0.358 e. The Labute approximate surface area is 109 Å². The second kappa shape index (κ2) is 5.61. The monoisotopic (exact) mass is 265 g/mol. The van der Waals surface area contributed by atoms with E-state index in [2.05, 4.69) is 20.6 Å². The first-order chi connectivity index (χ1) is 9.06. The number of hydrogen-bond donors (Lipinski definition) is 2. The van der Waals surface area contributed by atoms with Gasteiger partial charge < -0.3 is 14.8 Å². The first kappa shape index (κ1) is 13.2. The lowest BCUT2D eigenvalue weighted by Gasteiger charge is -2.09. The molecule has 1 atom stereocenters. The molecule has 2 rings (SSSR count). The summed E-state index contributed by atoms with van der Waals surface area (Å²) in [6, 6.07) is -0.0174. The quantitative estimate of drug-likeness (QED) is 0.788. The van der Waals surface area contributed by atoms with E-state index < -0.39 is 5.97 Å². The summed E-state index contributed by atoms with van der Waals surface area (Å²) in [5, 5.41) is 19.2. The number of aryl methyl sites for hydroxylation is 1. The molecule has 0 spiro atoms. The maximum absolute atomic E-state index is 10.6. The summed E-state index contributed by atoms with van der Waals surface area (Å²) < 4.78 is 6.87. The predicted octanol–water partition coefficient (Wildman–Crippen LogP) is 0.624. The molecule has 0 aliphatic rings. The van der Waals surface area contributed by atoms with Gasteiger partial charge in [-0.05, 0) is 13.8 Å². The van der Waals surface area contributed by atoms with E-state index in [0.29, 0.717) is 19.0 Å². The maximum atomic E-state index is 10.6. The van der Waals surface area contributed by atoms with E-state index in [0.717, 1.165) is 5.76 Å². The van der Waals surface area contributed by atoms with Crippen LogP contribution in [0.25, 0.3) is 0 Å². The molecule has 19 heavy (non-hydrogen) atoms. The lowest BCUT2D eigenvalue weighted by molar-refractivity contribution is 0.0690. The van der Waals surface area contributed by atoms with Gasteiger partial charge in [-0.15, -0.1) is 5.10 Å². The second-order valence-electron chi connectivity index (χ2n) is 4.16. The first-order valence-electron chi connectivity index (χ1n) is 5.85. The minimum atomic E-state index is -1.08. The van der Waals surface area contributed by atoms with Crippen molar-refractivity contribution in [2.24, 2.45) is 0 Å². The summed E-state index contributed by atoms with van der Waals surface area (Å²) in [4.78, 5) is 14.8. The molecule has 2 aromatic rings. The number of carbonyl (C=O) groups is 1. The molecule has 2 N–H and O–H groups in total. The standard InChI is InChI=1S/C11H15N5O3/c1-7-5-13-10(19-7)8(2)12-3-4-16-6-9(11(17)18)14-15-16/h5-6,8,12H,3-4H2,1-2H3,(H,17,18). The molecule has 8 nitrogen and oxygen atoms in total. The van der Waals surface area contributed by atoms with Gasteiger partial charge >= 0.3 is 5.97 Å². The van der Waals surface area contributed by atoms with E-state index in [4.69, 9.17) is 9.52 Å². The van der Waals surface area contributed by atoms with E-state index in [1.54, 1.807) is 6.20 Å². The van der Waals surface area contributed by atoms with Crippen molar-refractivity contribution in [2.75, 3.05) is 6.54 Å². The van der Waals surface area contributed by atoms with Crippen molar-refractivity contribution in [1.29, 1.82) is 0 Å². The van der Waals surface area contributed by atoms with Gasteiger partial charge in [0.15, 0.2) is 5.69 Å². The lowest BCUT2D eigenvalue weighted by Crippen LogP contribution is -2.23. The third-order valence-corrected chi connectivity index (χ3v) is 2.56. The molecule has 0 fully saturated rings. The van der Waals surface area contributed by atoms with Crippen molar-refractivity contribution in [2.45, 2.75) is 26.4 Å². The zero-order valence-corrected chi connectivity index (χ0v) is 10.7. The number of carboxylic acids is 1. The Bertz CT molecular complexity index is 562. The van der Waals surface area contributed by atoms with E-state index >= 15 is 0 Å². The molecule has 0 saturated heterocycles. The molecule has 102 valence electrons. The fraction of sp³-hybridized carbons (Fsp3) is 0.455. The second-order valence-corrected chi connectivity index (χ2v) is 4.16. The zero-order chi connectivity index (χ0) is 13.8. The van der Waals surface area contributed by atoms with Crippen LogP contribution in [0.15, 0.2) is 16.8 Å². The van der Waals surface area contributed by atoms with Gasteiger partial charge in [0.25, 0.3) is 0 Å². The van der Waals surface area contributed by atoms with E-state index in [1.807, 2.05) is 13.8 Å². The van der Waals surface area contributed by atoms with Gasteiger partial charge in [0, 0.05) is 6.54 Å². The van der Waals surface area contributed by atoms with Crippen LogP contribution in [0.3, 0.4) is 0 Å². The van der Waals surface area contributed by atoms with Gasteiger partial charge in [-0.2, -0.15) is 0 Å². The van der Waals surface area contributed by atoms with Gasteiger partial charge in [0.05, 0.1) is 25.0 Å². The van der Waals surface area contributed by atoms with Crippen LogP contribution in [0, 0.1) is 6.92 Å². The van der Waals surface area contributed by atoms with Crippen LogP contribution in [0.2, 0.25) is 0 Å². The highest BCUT2D eigenvalue weighted by atomic mass is 16.4. The molecule has 1 unspecified atom stereocenters. The van der Waals surface area contributed by atoms with Crippen molar-refractivity contribution in [1.82, 2.24) is 25.3 Å². The van der Waals surface area contributed by atoms with Gasteiger partial charge in [-0.1, -0.05) is 5.21 Å². The van der Waals surface area contributed by atoms with E-state index in [9.17, 15) is 4.79 Å². The zero-order valence-electron chi connectivity index (χ0n) is 10.7. The smallest absolute Gasteiger partial charge is 0.358 e. The average molecular weight is 265 g/mol. The summed E-state index contributed by atoms with van der Waals surface area (Å²) in [5.41, 5.74) is -0.0589. The van der Waals surface area contributed by atoms with Crippen molar-refractivity contribution in [3.8, 4) is 0 Å². The summed E-state index contributed by atoms with van der Waals surface area (Å²) in [7, 11) is 0. The Balaban J connectivity index is 1.81. The number of oxazole rings is 1. The molecule has 0 saturated carbocycles. The molecule has 0 amide bonds. The van der Waals surface area contributed by atoms with Crippen molar-refractivity contribution in [3.05, 3.63) is 29.7 Å². The number of carboxylic acid groups (broad SMARTS) is 1. The number of aromatic carboxylic acids is 1. The summed E-state index contributed by atoms with van der Waals surface area (Å²) in [6.07, 6.45) is 3.06. The Morgan fingerprint density at radius 1 is 1.63 bits per heavy atom. The Morgan fingerprint density at radius 2 is 2.42 bits per heavy atom. The number of nitrogens with one attached hydrogen (secondary N) is 1. The molecule has 0 radical (unpaired) electrons. The SMILES string of the molecule is Cc1cnc(C(C)NCCn2cc(C(=O)O)nn2)o1. The number of nitrogens with zero attached hydrogens (tertiary/aromatic N) is 4. The number of aromatic nitrogens is 4. The van der Waals surface area contributed by atoms with Crippen molar-refractivity contribution in [3.63, 3.8) is 0 Å². The third-order valence-electron chi connectivity index (χ3n) is 2.56. The molecule has 0 aliphatic heterocycles. The van der Waals surface area contributed by atoms with Gasteiger partial charge in [0.2, 0.25) is 5.89 Å². The molecule has 0 aliphatic carbocycles. The Kier molecular flexibility index (Phi) is 3.91. The molecule has 8 heteroatoms. The van der Waals surface area contributed by atoms with Crippen LogP contribution in [0.5, 0.6) is 0 Å². The van der Waals surface area contributed by atoms with Crippen molar-refractivity contribution >= 4 is 5.97 Å². The van der Waals surface area contributed by atoms with Crippen LogP contribution >= 0.6 is 0 Å².